The number of anilines is 1. The highest BCUT2D eigenvalue weighted by atomic mass is 19.1. The number of hydrogen-bond donors (Lipinski definition) is 2. The van der Waals surface area contributed by atoms with Gasteiger partial charge in [-0.2, -0.15) is 0 Å². The lowest BCUT2D eigenvalue weighted by atomic mass is 10.2. The van der Waals surface area contributed by atoms with E-state index in [0.717, 1.165) is 23.8 Å². The second kappa shape index (κ2) is 6.81. The lowest BCUT2D eigenvalue weighted by Crippen LogP contribution is -2.20. The van der Waals surface area contributed by atoms with Gasteiger partial charge in [0.1, 0.15) is 17.4 Å². The number of ether oxygens (including phenoxy) is 1. The van der Waals surface area contributed by atoms with E-state index in [0.29, 0.717) is 5.75 Å². The Morgan fingerprint density at radius 2 is 1.81 bits per heavy atom. The van der Waals surface area contributed by atoms with Crippen LogP contribution in [0.5, 0.6) is 5.75 Å². The summed E-state index contributed by atoms with van der Waals surface area (Å²) in [6, 6.07) is 9.82. The summed E-state index contributed by atoms with van der Waals surface area (Å²) in [4.78, 5) is 11.7. The number of carbonyl (C=O) groups excluding carboxylic acids is 1. The van der Waals surface area contributed by atoms with Gasteiger partial charge in [-0.3, -0.25) is 4.79 Å². The Morgan fingerprint density at radius 1 is 1.14 bits per heavy atom. The van der Waals surface area contributed by atoms with Crippen molar-refractivity contribution >= 4 is 11.6 Å². The zero-order valence-corrected chi connectivity index (χ0v) is 11.1. The van der Waals surface area contributed by atoms with Crippen molar-refractivity contribution in [1.82, 2.24) is 0 Å². The molecule has 0 fully saturated rings. The minimum atomic E-state index is -0.764. The maximum atomic E-state index is 13.0. The maximum Gasteiger partial charge on any atom is 0.262 e. The van der Waals surface area contributed by atoms with Gasteiger partial charge in [0.15, 0.2) is 6.61 Å². The predicted octanol–water partition coefficient (Wildman–Crippen LogP) is 2.44. The molecule has 0 aliphatic rings. The smallest absolute Gasteiger partial charge is 0.262 e. The fourth-order valence-corrected chi connectivity index (χ4v) is 1.78. The van der Waals surface area contributed by atoms with Crippen molar-refractivity contribution in [3.05, 3.63) is 59.7 Å². The minimum absolute atomic E-state index is 0.0354. The number of carbonyl (C=O) groups is 1. The average molecular weight is 292 g/mol. The molecule has 110 valence electrons. The number of para-hydroxylation sites is 1. The molecule has 3 N–H and O–H groups in total. The van der Waals surface area contributed by atoms with Crippen LogP contribution in [0.3, 0.4) is 0 Å². The number of nitrogens with one attached hydrogen (secondary N) is 1. The van der Waals surface area contributed by atoms with E-state index in [1.165, 1.54) is 0 Å². The standard InChI is InChI=1S/C15H14F2N2O2/c16-11-5-12(17)7-13(6-11)19-15(20)9-21-14-4-2-1-3-10(14)8-18/h1-7H,8-9,18H2,(H,19,20). The quantitative estimate of drug-likeness (QED) is 0.889. The molecule has 0 unspecified atom stereocenters. The topological polar surface area (TPSA) is 64.3 Å². The van der Waals surface area contributed by atoms with Crippen LogP contribution in [0.15, 0.2) is 42.5 Å². The van der Waals surface area contributed by atoms with Crippen LogP contribution >= 0.6 is 0 Å². The van der Waals surface area contributed by atoms with Gasteiger partial charge in [-0.25, -0.2) is 8.78 Å². The molecule has 0 saturated carbocycles. The number of amides is 1. The molecule has 1 amide bonds. The van der Waals surface area contributed by atoms with E-state index in [9.17, 15) is 13.6 Å². The first-order valence-corrected chi connectivity index (χ1v) is 6.25. The fraction of sp³-hybridized carbons (Fsp3) is 0.133. The molecular formula is C15H14F2N2O2. The first-order valence-electron chi connectivity index (χ1n) is 6.25. The molecule has 0 aromatic heterocycles. The van der Waals surface area contributed by atoms with Gasteiger partial charge in [-0.05, 0) is 18.2 Å². The number of halogens is 2. The van der Waals surface area contributed by atoms with Gasteiger partial charge in [0.2, 0.25) is 0 Å². The molecule has 0 radical (unpaired) electrons. The highest BCUT2D eigenvalue weighted by Crippen LogP contribution is 2.17. The van der Waals surface area contributed by atoms with E-state index in [1.54, 1.807) is 18.2 Å². The van der Waals surface area contributed by atoms with Gasteiger partial charge in [0.05, 0.1) is 0 Å². The molecule has 0 spiro atoms. The Kier molecular flexibility index (Phi) is 4.84. The van der Waals surface area contributed by atoms with Crippen molar-refractivity contribution in [2.24, 2.45) is 5.73 Å². The van der Waals surface area contributed by atoms with Crippen LogP contribution in [0, 0.1) is 11.6 Å². The third kappa shape index (κ3) is 4.25. The van der Waals surface area contributed by atoms with E-state index in [2.05, 4.69) is 5.32 Å². The number of benzene rings is 2. The van der Waals surface area contributed by atoms with Crippen LogP contribution in [0.25, 0.3) is 0 Å². The Bertz CT molecular complexity index is 627. The molecule has 21 heavy (non-hydrogen) atoms. The minimum Gasteiger partial charge on any atom is -0.483 e. The fourth-order valence-electron chi connectivity index (χ4n) is 1.78. The molecule has 2 aromatic rings. The van der Waals surface area contributed by atoms with E-state index >= 15 is 0 Å². The number of rotatable bonds is 5. The van der Waals surface area contributed by atoms with Crippen LogP contribution in [0.4, 0.5) is 14.5 Å². The van der Waals surface area contributed by atoms with Crippen molar-refractivity contribution in [1.29, 1.82) is 0 Å². The normalized spacial score (nSPS) is 10.2. The monoisotopic (exact) mass is 292 g/mol. The van der Waals surface area contributed by atoms with E-state index < -0.39 is 17.5 Å². The SMILES string of the molecule is NCc1ccccc1OCC(=O)Nc1cc(F)cc(F)c1. The van der Waals surface area contributed by atoms with Gasteiger partial charge < -0.3 is 15.8 Å². The van der Waals surface area contributed by atoms with Crippen molar-refractivity contribution < 1.29 is 18.3 Å². The molecule has 0 bridgehead atoms. The summed E-state index contributed by atoms with van der Waals surface area (Å²) < 4.78 is 31.3. The largest absolute Gasteiger partial charge is 0.483 e. The molecular weight excluding hydrogens is 278 g/mol. The lowest BCUT2D eigenvalue weighted by Gasteiger charge is -2.10. The second-order valence-electron chi connectivity index (χ2n) is 4.31. The first-order chi connectivity index (χ1) is 10.1. The van der Waals surface area contributed by atoms with Crippen molar-refractivity contribution in [3.63, 3.8) is 0 Å². The van der Waals surface area contributed by atoms with Crippen molar-refractivity contribution in [2.75, 3.05) is 11.9 Å². The zero-order chi connectivity index (χ0) is 15.2. The number of nitrogens with two attached hydrogens (primary N) is 1. The van der Waals surface area contributed by atoms with Crippen LogP contribution in [0.1, 0.15) is 5.56 Å². The van der Waals surface area contributed by atoms with Crippen LogP contribution in [0.2, 0.25) is 0 Å². The molecule has 0 aliphatic carbocycles. The van der Waals surface area contributed by atoms with Crippen LogP contribution in [-0.4, -0.2) is 12.5 Å². The van der Waals surface area contributed by atoms with E-state index in [4.69, 9.17) is 10.5 Å². The average Bonchev–Trinajstić information content (AvgIpc) is 2.44. The first kappa shape index (κ1) is 14.9. The predicted molar refractivity (Wildman–Crippen MR) is 74.8 cm³/mol. The van der Waals surface area contributed by atoms with Crippen LogP contribution < -0.4 is 15.8 Å². The third-order valence-corrected chi connectivity index (χ3v) is 2.70. The Balaban J connectivity index is 1.96. The molecule has 2 aromatic carbocycles. The summed E-state index contributed by atoms with van der Waals surface area (Å²) in [5, 5.41) is 2.36. The summed E-state index contributed by atoms with van der Waals surface area (Å²) in [6.45, 7) is 0.00203. The Labute approximate surface area is 120 Å². The Morgan fingerprint density at radius 3 is 2.48 bits per heavy atom. The number of hydrogen-bond acceptors (Lipinski definition) is 3. The van der Waals surface area contributed by atoms with E-state index in [1.807, 2.05) is 6.07 Å². The van der Waals surface area contributed by atoms with Gasteiger partial charge >= 0.3 is 0 Å². The molecule has 4 nitrogen and oxygen atoms in total. The zero-order valence-electron chi connectivity index (χ0n) is 11.1. The summed E-state index contributed by atoms with van der Waals surface area (Å²) in [6.07, 6.45) is 0. The molecule has 0 aliphatic heterocycles. The van der Waals surface area contributed by atoms with E-state index in [-0.39, 0.29) is 18.8 Å². The van der Waals surface area contributed by atoms with Crippen molar-refractivity contribution in [2.45, 2.75) is 6.54 Å². The summed E-state index contributed by atoms with van der Waals surface area (Å²) in [5.41, 5.74) is 6.35. The van der Waals surface area contributed by atoms with Gasteiger partial charge in [-0.1, -0.05) is 18.2 Å². The summed E-state index contributed by atoms with van der Waals surface area (Å²) in [5.74, 6) is -1.55. The highest BCUT2D eigenvalue weighted by molar-refractivity contribution is 5.91. The lowest BCUT2D eigenvalue weighted by molar-refractivity contribution is -0.118. The summed E-state index contributed by atoms with van der Waals surface area (Å²) >= 11 is 0. The molecule has 0 saturated heterocycles. The molecule has 6 heteroatoms. The van der Waals surface area contributed by atoms with Gasteiger partial charge in [0.25, 0.3) is 5.91 Å². The molecule has 0 atom stereocenters. The van der Waals surface area contributed by atoms with Gasteiger partial charge in [0, 0.05) is 23.9 Å². The Hall–Kier alpha value is -2.47. The summed E-state index contributed by atoms with van der Waals surface area (Å²) in [7, 11) is 0. The third-order valence-electron chi connectivity index (χ3n) is 2.70. The molecule has 2 rings (SSSR count). The highest BCUT2D eigenvalue weighted by Gasteiger charge is 2.08. The van der Waals surface area contributed by atoms with Crippen molar-refractivity contribution in [3.8, 4) is 5.75 Å². The second-order valence-corrected chi connectivity index (χ2v) is 4.31. The van der Waals surface area contributed by atoms with Gasteiger partial charge in [-0.15, -0.1) is 0 Å². The molecule has 0 heterocycles. The maximum absolute atomic E-state index is 13.0. The van der Waals surface area contributed by atoms with Crippen LogP contribution in [-0.2, 0) is 11.3 Å².